The van der Waals surface area contributed by atoms with Gasteiger partial charge in [0.1, 0.15) is 0 Å². The summed E-state index contributed by atoms with van der Waals surface area (Å²) in [4.78, 5) is 2.51. The van der Waals surface area contributed by atoms with E-state index in [1.807, 2.05) is 0 Å². The van der Waals surface area contributed by atoms with Crippen LogP contribution in [0.3, 0.4) is 0 Å². The lowest BCUT2D eigenvalue weighted by atomic mass is 10.0. The van der Waals surface area contributed by atoms with Crippen molar-refractivity contribution in [2.24, 2.45) is 17.6 Å². The third kappa shape index (κ3) is 2.27. The van der Waals surface area contributed by atoms with Crippen LogP contribution in [-0.4, -0.2) is 42.3 Å². The Bertz CT molecular complexity index is 174. The predicted octanol–water partition coefficient (Wildman–Crippen LogP) is 0.428. The van der Waals surface area contributed by atoms with E-state index in [1.54, 1.807) is 0 Å². The molecular weight excluding hydrogens is 176 g/mol. The summed E-state index contributed by atoms with van der Waals surface area (Å²) in [5, 5.41) is 9.37. The maximum absolute atomic E-state index is 9.37. The van der Waals surface area contributed by atoms with Gasteiger partial charge in [-0.05, 0) is 31.1 Å². The van der Waals surface area contributed by atoms with E-state index >= 15 is 0 Å². The van der Waals surface area contributed by atoms with E-state index < -0.39 is 0 Å². The van der Waals surface area contributed by atoms with Gasteiger partial charge in [-0.1, -0.05) is 6.42 Å². The van der Waals surface area contributed by atoms with Gasteiger partial charge in [-0.25, -0.2) is 0 Å². The maximum atomic E-state index is 9.37. The van der Waals surface area contributed by atoms with Crippen LogP contribution in [0.5, 0.6) is 0 Å². The van der Waals surface area contributed by atoms with Gasteiger partial charge in [-0.3, -0.25) is 0 Å². The molecule has 2 rings (SSSR count). The molecule has 3 nitrogen and oxygen atoms in total. The molecule has 3 atom stereocenters. The van der Waals surface area contributed by atoms with E-state index in [1.165, 1.54) is 32.4 Å². The van der Waals surface area contributed by atoms with E-state index in [0.717, 1.165) is 24.8 Å². The van der Waals surface area contributed by atoms with Crippen molar-refractivity contribution in [2.75, 3.05) is 26.2 Å². The number of hydrogen-bond donors (Lipinski definition) is 2. The number of aliphatic hydroxyl groups is 1. The summed E-state index contributed by atoms with van der Waals surface area (Å²) in [5.74, 6) is 1.93. The Morgan fingerprint density at radius 2 is 1.93 bits per heavy atom. The number of nitrogens with two attached hydrogens (primary N) is 1. The lowest BCUT2D eigenvalue weighted by Gasteiger charge is -2.18. The van der Waals surface area contributed by atoms with E-state index in [2.05, 4.69) is 4.90 Å². The van der Waals surface area contributed by atoms with Gasteiger partial charge in [-0.15, -0.1) is 0 Å². The van der Waals surface area contributed by atoms with Gasteiger partial charge >= 0.3 is 0 Å². The molecule has 0 aromatic carbocycles. The second kappa shape index (κ2) is 4.60. The van der Waals surface area contributed by atoms with Crippen molar-refractivity contribution in [3.63, 3.8) is 0 Å². The number of nitrogens with zero attached hydrogens (tertiary/aromatic N) is 1. The van der Waals surface area contributed by atoms with Gasteiger partial charge in [0.25, 0.3) is 0 Å². The molecule has 14 heavy (non-hydrogen) atoms. The molecule has 1 aliphatic carbocycles. The van der Waals surface area contributed by atoms with E-state index in [-0.39, 0.29) is 6.10 Å². The summed E-state index contributed by atoms with van der Waals surface area (Å²) in [6, 6.07) is 0. The Morgan fingerprint density at radius 3 is 2.50 bits per heavy atom. The number of aliphatic hydroxyl groups excluding tert-OH is 1. The molecule has 0 bridgehead atoms. The van der Waals surface area contributed by atoms with Crippen molar-refractivity contribution < 1.29 is 5.11 Å². The Labute approximate surface area is 86.3 Å². The zero-order valence-corrected chi connectivity index (χ0v) is 8.86. The second-order valence-corrected chi connectivity index (χ2v) is 4.89. The van der Waals surface area contributed by atoms with Crippen molar-refractivity contribution in [3.8, 4) is 0 Å². The predicted molar refractivity (Wildman–Crippen MR) is 56.9 cm³/mol. The molecule has 0 aromatic rings. The van der Waals surface area contributed by atoms with Gasteiger partial charge in [0, 0.05) is 26.2 Å². The van der Waals surface area contributed by atoms with Crippen LogP contribution in [0, 0.1) is 11.8 Å². The maximum Gasteiger partial charge on any atom is 0.0674 e. The fourth-order valence-corrected chi connectivity index (χ4v) is 2.96. The van der Waals surface area contributed by atoms with Crippen LogP contribution in [0.1, 0.15) is 25.7 Å². The highest BCUT2D eigenvalue weighted by molar-refractivity contribution is 4.88. The molecule has 3 unspecified atom stereocenters. The molecular formula is C11H22N2O. The summed E-state index contributed by atoms with van der Waals surface area (Å²) in [6.45, 7) is 3.97. The first-order valence-corrected chi connectivity index (χ1v) is 5.90. The first kappa shape index (κ1) is 10.4. The largest absolute Gasteiger partial charge is 0.392 e. The fourth-order valence-electron chi connectivity index (χ4n) is 2.96. The van der Waals surface area contributed by atoms with Crippen molar-refractivity contribution in [1.82, 2.24) is 4.90 Å². The number of hydrogen-bond acceptors (Lipinski definition) is 3. The zero-order chi connectivity index (χ0) is 9.97. The van der Waals surface area contributed by atoms with Gasteiger partial charge in [-0.2, -0.15) is 0 Å². The van der Waals surface area contributed by atoms with Crippen LogP contribution >= 0.6 is 0 Å². The highest BCUT2D eigenvalue weighted by atomic mass is 16.3. The molecule has 0 amide bonds. The summed E-state index contributed by atoms with van der Waals surface area (Å²) in [7, 11) is 0. The molecule has 82 valence electrons. The summed E-state index contributed by atoms with van der Waals surface area (Å²) in [6.07, 6.45) is 4.85. The third-order valence-corrected chi connectivity index (χ3v) is 3.85. The Kier molecular flexibility index (Phi) is 3.42. The summed E-state index contributed by atoms with van der Waals surface area (Å²) >= 11 is 0. The van der Waals surface area contributed by atoms with E-state index in [0.29, 0.717) is 6.54 Å². The zero-order valence-electron chi connectivity index (χ0n) is 8.86. The van der Waals surface area contributed by atoms with Crippen LogP contribution in [0.15, 0.2) is 0 Å². The molecule has 0 aromatic heterocycles. The number of likely N-dealkylation sites (tertiary alicyclic amines) is 1. The third-order valence-electron chi connectivity index (χ3n) is 3.85. The molecule has 1 saturated heterocycles. The minimum absolute atomic E-state index is 0.296. The van der Waals surface area contributed by atoms with Crippen LogP contribution < -0.4 is 5.73 Å². The van der Waals surface area contributed by atoms with Crippen molar-refractivity contribution in [2.45, 2.75) is 31.8 Å². The molecule has 3 heteroatoms. The van der Waals surface area contributed by atoms with Gasteiger partial charge in [0.05, 0.1) is 6.10 Å². The molecule has 0 spiro atoms. The first-order valence-electron chi connectivity index (χ1n) is 5.90. The number of rotatable bonds is 4. The number of fused-ring (bicyclic) bond motifs is 1. The molecule has 1 heterocycles. The van der Waals surface area contributed by atoms with Crippen LogP contribution in [0.2, 0.25) is 0 Å². The van der Waals surface area contributed by atoms with Crippen molar-refractivity contribution in [3.05, 3.63) is 0 Å². The normalized spacial score (nSPS) is 34.7. The quantitative estimate of drug-likeness (QED) is 0.688. The average molecular weight is 198 g/mol. The molecule has 0 radical (unpaired) electrons. The molecule has 3 N–H and O–H groups in total. The Balaban J connectivity index is 1.69. The lowest BCUT2D eigenvalue weighted by molar-refractivity contribution is 0.152. The van der Waals surface area contributed by atoms with Crippen LogP contribution in [0.4, 0.5) is 0 Å². The molecule has 1 saturated carbocycles. The van der Waals surface area contributed by atoms with Gasteiger partial charge in [0.15, 0.2) is 0 Å². The molecule has 2 aliphatic rings. The van der Waals surface area contributed by atoms with E-state index in [9.17, 15) is 5.11 Å². The highest BCUT2D eigenvalue weighted by Gasteiger charge is 2.35. The second-order valence-electron chi connectivity index (χ2n) is 4.89. The topological polar surface area (TPSA) is 49.5 Å². The van der Waals surface area contributed by atoms with Gasteiger partial charge < -0.3 is 15.7 Å². The van der Waals surface area contributed by atoms with Crippen LogP contribution in [-0.2, 0) is 0 Å². The SMILES string of the molecule is NCC(O)CCN1CC2CCCC2C1. The monoisotopic (exact) mass is 198 g/mol. The lowest BCUT2D eigenvalue weighted by Crippen LogP contribution is -2.29. The molecule has 1 aliphatic heterocycles. The van der Waals surface area contributed by atoms with E-state index in [4.69, 9.17) is 5.73 Å². The first-order chi connectivity index (χ1) is 6.79. The standard InChI is InChI=1S/C11H22N2O/c12-6-11(14)4-5-13-7-9-2-1-3-10(9)8-13/h9-11,14H,1-8,12H2. The van der Waals surface area contributed by atoms with Crippen molar-refractivity contribution >= 4 is 0 Å². The molecule has 2 fully saturated rings. The highest BCUT2D eigenvalue weighted by Crippen LogP contribution is 2.37. The smallest absolute Gasteiger partial charge is 0.0674 e. The Hall–Kier alpha value is -0.120. The van der Waals surface area contributed by atoms with Crippen molar-refractivity contribution in [1.29, 1.82) is 0 Å². The fraction of sp³-hybridized carbons (Fsp3) is 1.00. The van der Waals surface area contributed by atoms with Gasteiger partial charge in [0.2, 0.25) is 0 Å². The summed E-state index contributed by atoms with van der Waals surface area (Å²) in [5.41, 5.74) is 5.38. The van der Waals surface area contributed by atoms with Crippen LogP contribution in [0.25, 0.3) is 0 Å². The minimum atomic E-state index is -0.296. The summed E-state index contributed by atoms with van der Waals surface area (Å²) < 4.78 is 0. The Morgan fingerprint density at radius 1 is 1.29 bits per heavy atom. The minimum Gasteiger partial charge on any atom is -0.392 e. The average Bonchev–Trinajstić information content (AvgIpc) is 2.73.